The van der Waals surface area contributed by atoms with Crippen LogP contribution < -0.4 is 0 Å². The molecule has 1 aromatic carbocycles. The first-order chi connectivity index (χ1) is 8.32. The maximum Gasteiger partial charge on any atom is 0.201 e. The molecule has 1 rings (SSSR count). The van der Waals surface area contributed by atoms with Crippen molar-refractivity contribution in [3.63, 3.8) is 0 Å². The molecule has 18 heavy (non-hydrogen) atoms. The number of benzene rings is 1. The molecule has 0 bridgehead atoms. The summed E-state index contributed by atoms with van der Waals surface area (Å²) in [6.45, 7) is 5.54. The Kier molecular flexibility index (Phi) is 5.02. The molecule has 0 aliphatic rings. The third-order valence-corrected chi connectivity index (χ3v) is 3.63. The molecule has 5 heteroatoms. The van der Waals surface area contributed by atoms with Crippen molar-refractivity contribution in [3.05, 3.63) is 35.6 Å². The monoisotopic (exact) mass is 271 g/mol. The lowest BCUT2D eigenvalue weighted by Crippen LogP contribution is -2.21. The SMILES string of the molecule is CO/C(Cc1ccc(F)cc1)=N\[S@](=O)C(C)(C)C. The van der Waals surface area contributed by atoms with Gasteiger partial charge in [0.25, 0.3) is 0 Å². The highest BCUT2D eigenvalue weighted by molar-refractivity contribution is 7.85. The summed E-state index contributed by atoms with van der Waals surface area (Å²) < 4.78 is 33.4. The number of hydrogen-bond acceptors (Lipinski definition) is 2. The summed E-state index contributed by atoms with van der Waals surface area (Å²) in [5, 5.41) is 0. The van der Waals surface area contributed by atoms with Gasteiger partial charge in [0.2, 0.25) is 5.90 Å². The first kappa shape index (κ1) is 14.8. The molecule has 0 unspecified atom stereocenters. The summed E-state index contributed by atoms with van der Waals surface area (Å²) in [6, 6.07) is 6.07. The third kappa shape index (κ3) is 4.56. The minimum atomic E-state index is -1.36. The molecule has 3 nitrogen and oxygen atoms in total. The van der Waals surface area contributed by atoms with Gasteiger partial charge in [0.05, 0.1) is 11.9 Å². The Morgan fingerprint density at radius 3 is 2.33 bits per heavy atom. The fraction of sp³-hybridized carbons (Fsp3) is 0.462. The van der Waals surface area contributed by atoms with Gasteiger partial charge in [0.15, 0.2) is 0 Å². The van der Waals surface area contributed by atoms with E-state index >= 15 is 0 Å². The highest BCUT2D eigenvalue weighted by Gasteiger charge is 2.20. The zero-order valence-corrected chi connectivity index (χ0v) is 11.9. The van der Waals surface area contributed by atoms with E-state index < -0.39 is 15.7 Å². The number of hydrogen-bond donors (Lipinski definition) is 0. The van der Waals surface area contributed by atoms with Crippen molar-refractivity contribution in [2.45, 2.75) is 31.9 Å². The Morgan fingerprint density at radius 2 is 1.89 bits per heavy atom. The summed E-state index contributed by atoms with van der Waals surface area (Å²) in [6.07, 6.45) is 0.401. The van der Waals surface area contributed by atoms with E-state index in [9.17, 15) is 8.60 Å². The van der Waals surface area contributed by atoms with E-state index in [0.29, 0.717) is 12.3 Å². The lowest BCUT2D eigenvalue weighted by Gasteiger charge is -2.14. The van der Waals surface area contributed by atoms with E-state index in [1.54, 1.807) is 12.1 Å². The molecule has 100 valence electrons. The number of rotatable bonds is 3. The maximum atomic E-state index is 12.8. The summed E-state index contributed by atoms with van der Waals surface area (Å²) in [4.78, 5) is 0. The van der Waals surface area contributed by atoms with Crippen molar-refractivity contribution in [1.29, 1.82) is 0 Å². The number of nitrogens with zero attached hydrogens (tertiary/aromatic N) is 1. The van der Waals surface area contributed by atoms with E-state index in [0.717, 1.165) is 5.56 Å². The van der Waals surface area contributed by atoms with Crippen LogP contribution in [0.3, 0.4) is 0 Å². The molecular weight excluding hydrogens is 253 g/mol. The van der Waals surface area contributed by atoms with Gasteiger partial charge in [-0.2, -0.15) is 4.40 Å². The molecular formula is C13H18FNO2S. The van der Waals surface area contributed by atoms with Crippen LogP contribution >= 0.6 is 0 Å². The highest BCUT2D eigenvalue weighted by atomic mass is 32.2. The van der Waals surface area contributed by atoms with Gasteiger partial charge in [0, 0.05) is 6.42 Å². The second kappa shape index (κ2) is 6.09. The van der Waals surface area contributed by atoms with E-state index in [2.05, 4.69) is 4.40 Å². The third-order valence-electron chi connectivity index (χ3n) is 2.21. The molecule has 0 aromatic heterocycles. The molecule has 0 amide bonds. The highest BCUT2D eigenvalue weighted by Crippen LogP contribution is 2.13. The van der Waals surface area contributed by atoms with Crippen LogP contribution in [-0.2, 0) is 22.1 Å². The van der Waals surface area contributed by atoms with Crippen molar-refractivity contribution in [2.24, 2.45) is 4.40 Å². The van der Waals surface area contributed by atoms with Crippen LogP contribution in [0.2, 0.25) is 0 Å². The van der Waals surface area contributed by atoms with Crippen molar-refractivity contribution in [3.8, 4) is 0 Å². The van der Waals surface area contributed by atoms with E-state index in [4.69, 9.17) is 4.74 Å². The van der Waals surface area contributed by atoms with Crippen LogP contribution in [0.15, 0.2) is 28.7 Å². The zero-order valence-electron chi connectivity index (χ0n) is 11.1. The molecule has 0 heterocycles. The van der Waals surface area contributed by atoms with Crippen LogP contribution in [0.5, 0.6) is 0 Å². The van der Waals surface area contributed by atoms with Gasteiger partial charge in [-0.3, -0.25) is 0 Å². The smallest absolute Gasteiger partial charge is 0.201 e. The average Bonchev–Trinajstić information content (AvgIpc) is 2.29. The predicted molar refractivity (Wildman–Crippen MR) is 72.4 cm³/mol. The Bertz CT molecular complexity index is 449. The Morgan fingerprint density at radius 1 is 1.33 bits per heavy atom. The van der Waals surface area contributed by atoms with Gasteiger partial charge in [-0.05, 0) is 38.5 Å². The second-order valence-electron chi connectivity index (χ2n) is 4.85. The Balaban J connectivity index is 2.82. The van der Waals surface area contributed by atoms with Crippen LogP contribution in [0.1, 0.15) is 26.3 Å². The van der Waals surface area contributed by atoms with Gasteiger partial charge >= 0.3 is 0 Å². The summed E-state index contributed by atoms with van der Waals surface area (Å²) in [5.74, 6) is 0.0998. The fourth-order valence-electron chi connectivity index (χ4n) is 1.15. The maximum absolute atomic E-state index is 12.8. The van der Waals surface area contributed by atoms with E-state index in [1.807, 2.05) is 20.8 Å². The van der Waals surface area contributed by atoms with Gasteiger partial charge < -0.3 is 4.74 Å². The minimum absolute atomic E-state index is 0.284. The van der Waals surface area contributed by atoms with Crippen molar-refractivity contribution in [2.75, 3.05) is 7.11 Å². The molecule has 0 spiro atoms. The molecule has 1 aromatic rings. The van der Waals surface area contributed by atoms with Crippen molar-refractivity contribution >= 4 is 16.9 Å². The van der Waals surface area contributed by atoms with Gasteiger partial charge in [-0.1, -0.05) is 12.1 Å². The van der Waals surface area contributed by atoms with Gasteiger partial charge in [-0.25, -0.2) is 8.60 Å². The largest absolute Gasteiger partial charge is 0.483 e. The van der Waals surface area contributed by atoms with Gasteiger partial charge in [-0.15, -0.1) is 0 Å². The Labute approximate surface area is 110 Å². The fourth-order valence-corrected chi connectivity index (χ4v) is 1.75. The zero-order chi connectivity index (χ0) is 13.8. The first-order valence-electron chi connectivity index (χ1n) is 5.61. The molecule has 0 saturated heterocycles. The molecule has 1 atom stereocenters. The summed E-state index contributed by atoms with van der Waals surface area (Å²) in [7, 11) is 0.132. The predicted octanol–water partition coefficient (Wildman–Crippen LogP) is 2.88. The molecule has 0 radical (unpaired) electrons. The van der Waals surface area contributed by atoms with Crippen LogP contribution in [0.25, 0.3) is 0 Å². The lowest BCUT2D eigenvalue weighted by molar-refractivity contribution is 0.395. The van der Waals surface area contributed by atoms with Crippen LogP contribution in [0.4, 0.5) is 4.39 Å². The van der Waals surface area contributed by atoms with Crippen molar-refractivity contribution < 1.29 is 13.3 Å². The molecule has 0 aliphatic heterocycles. The van der Waals surface area contributed by atoms with Gasteiger partial charge in [0.1, 0.15) is 16.8 Å². The standard InChI is InChI=1S/C13H18FNO2S/c1-13(2,3)18(16)15-12(17-4)9-10-5-7-11(14)8-6-10/h5-8H,9H2,1-4H3/b15-12-/t18-/m1/s1. The molecule has 0 saturated carbocycles. The molecule has 0 aliphatic carbocycles. The average molecular weight is 271 g/mol. The number of halogens is 1. The first-order valence-corrected chi connectivity index (χ1v) is 6.71. The van der Waals surface area contributed by atoms with Crippen LogP contribution in [0, 0.1) is 5.82 Å². The summed E-state index contributed by atoms with van der Waals surface area (Å²) in [5.41, 5.74) is 0.864. The normalized spacial score (nSPS) is 14.4. The second-order valence-corrected chi connectivity index (χ2v) is 6.76. The molecule has 0 N–H and O–H groups in total. The number of ether oxygens (including phenoxy) is 1. The lowest BCUT2D eigenvalue weighted by atomic mass is 10.1. The topological polar surface area (TPSA) is 38.7 Å². The van der Waals surface area contributed by atoms with E-state index in [1.165, 1.54) is 19.2 Å². The number of methoxy groups -OCH3 is 1. The van der Waals surface area contributed by atoms with Crippen LogP contribution in [-0.4, -0.2) is 22.0 Å². The van der Waals surface area contributed by atoms with E-state index in [-0.39, 0.29) is 5.82 Å². The summed E-state index contributed by atoms with van der Waals surface area (Å²) >= 11 is 0. The molecule has 0 fully saturated rings. The Hall–Kier alpha value is -1.23. The quantitative estimate of drug-likeness (QED) is 0.626. The van der Waals surface area contributed by atoms with Crippen molar-refractivity contribution in [1.82, 2.24) is 0 Å². The minimum Gasteiger partial charge on any atom is -0.483 e.